The van der Waals surface area contributed by atoms with Gasteiger partial charge in [-0.1, -0.05) is 27.7 Å². The van der Waals surface area contributed by atoms with Crippen molar-refractivity contribution < 1.29 is 95.9 Å². The van der Waals surface area contributed by atoms with Gasteiger partial charge >= 0.3 is 30.4 Å². The molecule has 0 aliphatic rings. The van der Waals surface area contributed by atoms with E-state index in [4.69, 9.17) is 19.6 Å². The molecule has 17 heteroatoms. The van der Waals surface area contributed by atoms with E-state index in [1.54, 1.807) is 55.4 Å². The third-order valence-electron chi connectivity index (χ3n) is 2.92. The zero-order valence-corrected chi connectivity index (χ0v) is 28.7. The van der Waals surface area contributed by atoms with Gasteiger partial charge in [0.25, 0.3) is 0 Å². The summed E-state index contributed by atoms with van der Waals surface area (Å²) >= 11 is 0. The Bertz CT molecular complexity index is 516. The maximum absolute atomic E-state index is 10.5. The standard InChI is InChI=1S/4C4H11O3P.Th/c4*1-3-7-8(5,6)4-2;/h4*3-4H2,1-2H3,(H,5,6);. The van der Waals surface area contributed by atoms with Crippen molar-refractivity contribution in [2.45, 2.75) is 55.4 Å². The second-order valence-corrected chi connectivity index (χ2v) is 14.1. The Morgan fingerprint density at radius 2 is 0.545 bits per heavy atom. The summed E-state index contributed by atoms with van der Waals surface area (Å²) in [5.74, 6) is 0. The van der Waals surface area contributed by atoms with Crippen LogP contribution in [0.5, 0.6) is 0 Å². The molecule has 12 nitrogen and oxygen atoms in total. The van der Waals surface area contributed by atoms with Crippen LogP contribution in [0.3, 0.4) is 0 Å². The minimum Gasteiger partial charge on any atom is -0.324 e. The van der Waals surface area contributed by atoms with Crippen molar-refractivity contribution in [2.24, 2.45) is 0 Å². The molecule has 4 unspecified atom stereocenters. The largest absolute Gasteiger partial charge is 0.327 e. The number of hydrogen-bond donors (Lipinski definition) is 4. The van der Waals surface area contributed by atoms with Gasteiger partial charge in [-0.05, 0) is 27.7 Å². The van der Waals surface area contributed by atoms with Crippen LogP contribution in [-0.2, 0) is 36.4 Å². The molecule has 0 radical (unpaired) electrons. The van der Waals surface area contributed by atoms with Crippen LogP contribution in [0.4, 0.5) is 0 Å². The second-order valence-electron chi connectivity index (χ2n) is 5.49. The summed E-state index contributed by atoms with van der Waals surface area (Å²) in [4.78, 5) is 34.6. The van der Waals surface area contributed by atoms with E-state index in [1.807, 2.05) is 0 Å². The third-order valence-corrected chi connectivity index (χ3v) is 8.77. The topological polar surface area (TPSA) is 186 Å². The van der Waals surface area contributed by atoms with Gasteiger partial charge in [0.2, 0.25) is 0 Å². The minimum absolute atomic E-state index is 0. The van der Waals surface area contributed by atoms with E-state index in [0.717, 1.165) is 0 Å². The van der Waals surface area contributed by atoms with Gasteiger partial charge in [-0.2, -0.15) is 0 Å². The summed E-state index contributed by atoms with van der Waals surface area (Å²) < 4.78 is 60.0. The first-order valence-corrected chi connectivity index (χ1v) is 17.4. The molecular formula is C16H44O12P4Th. The van der Waals surface area contributed by atoms with Gasteiger partial charge in [-0.15, -0.1) is 0 Å². The summed E-state index contributed by atoms with van der Waals surface area (Å²) in [6.45, 7) is 14.5. The molecular weight excluding hydrogens is 740 g/mol. The summed E-state index contributed by atoms with van der Waals surface area (Å²) in [7, 11) is -12.7. The molecule has 0 amide bonds. The van der Waals surface area contributed by atoms with Crippen molar-refractivity contribution in [3.05, 3.63) is 0 Å². The normalized spacial score (nSPS) is 17.3. The van der Waals surface area contributed by atoms with Crippen LogP contribution in [-0.4, -0.2) is 70.6 Å². The van der Waals surface area contributed by atoms with Gasteiger partial charge in [0, 0.05) is 64.6 Å². The molecule has 0 saturated carbocycles. The van der Waals surface area contributed by atoms with Crippen LogP contribution in [0.15, 0.2) is 0 Å². The average Bonchev–Trinajstić information content (AvgIpc) is 2.69. The van der Waals surface area contributed by atoms with Gasteiger partial charge < -0.3 is 37.7 Å². The monoisotopic (exact) mass is 784 g/mol. The Hall–Kier alpha value is 1.92. The first-order chi connectivity index (χ1) is 14.5. The molecule has 0 bridgehead atoms. The van der Waals surface area contributed by atoms with Crippen LogP contribution in [0.25, 0.3) is 0 Å². The van der Waals surface area contributed by atoms with Gasteiger partial charge in [-0.25, -0.2) is 0 Å². The maximum atomic E-state index is 10.5. The molecule has 4 N–H and O–H groups in total. The molecule has 0 fully saturated rings. The molecule has 33 heavy (non-hydrogen) atoms. The van der Waals surface area contributed by atoms with Crippen molar-refractivity contribution in [3.8, 4) is 0 Å². The SMILES string of the molecule is CCOP(=O)(O)CC.CCOP(=O)(O)CC.CCOP(=O)(O)CC.CCOP(=O)(O)CC.[Th]. The molecule has 0 aromatic heterocycles. The smallest absolute Gasteiger partial charge is 0.324 e. The van der Waals surface area contributed by atoms with E-state index < -0.39 is 30.4 Å². The molecule has 0 aliphatic carbocycles. The Balaban J connectivity index is -0.000000105. The molecule has 0 aliphatic heterocycles. The van der Waals surface area contributed by atoms with E-state index in [1.165, 1.54) is 0 Å². The van der Waals surface area contributed by atoms with E-state index in [0.29, 0.717) is 26.4 Å². The molecule has 4 atom stereocenters. The predicted molar refractivity (Wildman–Crippen MR) is 128 cm³/mol. The predicted octanol–water partition coefficient (Wildman–Crippen LogP) is 4.91. The average molecular weight is 784 g/mol. The maximum Gasteiger partial charge on any atom is 0.327 e. The third kappa shape index (κ3) is 38.6. The second kappa shape index (κ2) is 25.6. The molecule has 0 saturated heterocycles. The molecule has 0 spiro atoms. The molecule has 0 rings (SSSR count). The quantitative estimate of drug-likeness (QED) is 0.196. The Morgan fingerprint density at radius 1 is 0.424 bits per heavy atom. The van der Waals surface area contributed by atoms with E-state index in [2.05, 4.69) is 18.1 Å². The Labute approximate surface area is 231 Å². The van der Waals surface area contributed by atoms with Crippen LogP contribution in [0.1, 0.15) is 55.4 Å². The van der Waals surface area contributed by atoms with Crippen molar-refractivity contribution in [2.75, 3.05) is 51.1 Å². The fraction of sp³-hybridized carbons (Fsp3) is 1.00. The zero-order valence-electron chi connectivity index (χ0n) is 21.0. The molecule has 0 aromatic carbocycles. The van der Waals surface area contributed by atoms with Crippen molar-refractivity contribution in [1.82, 2.24) is 0 Å². The van der Waals surface area contributed by atoms with Gasteiger partial charge in [0.15, 0.2) is 0 Å². The van der Waals surface area contributed by atoms with Crippen LogP contribution in [0.2, 0.25) is 0 Å². The van der Waals surface area contributed by atoms with E-state index in [9.17, 15) is 18.3 Å². The van der Waals surface area contributed by atoms with Crippen molar-refractivity contribution in [1.29, 1.82) is 0 Å². The van der Waals surface area contributed by atoms with Crippen LogP contribution < -0.4 is 0 Å². The molecule has 204 valence electrons. The first-order valence-electron chi connectivity index (χ1n) is 10.3. The number of rotatable bonds is 12. The Morgan fingerprint density at radius 3 is 0.576 bits per heavy atom. The van der Waals surface area contributed by atoms with Crippen molar-refractivity contribution >= 4 is 30.4 Å². The van der Waals surface area contributed by atoms with E-state index >= 15 is 0 Å². The summed E-state index contributed by atoms with van der Waals surface area (Å²) in [6.07, 6.45) is 0.781. The number of hydrogen-bond acceptors (Lipinski definition) is 8. The minimum atomic E-state index is -3.17. The van der Waals surface area contributed by atoms with Crippen LogP contribution >= 0.6 is 30.4 Å². The molecule has 0 heterocycles. The van der Waals surface area contributed by atoms with Crippen LogP contribution in [0, 0.1) is 39.9 Å². The summed E-state index contributed by atoms with van der Waals surface area (Å²) in [5, 5.41) is 0. The van der Waals surface area contributed by atoms with Gasteiger partial charge in [0.1, 0.15) is 0 Å². The zero-order chi connectivity index (χ0) is 26.5. The van der Waals surface area contributed by atoms with Gasteiger partial charge in [-0.3, -0.25) is 18.3 Å². The van der Waals surface area contributed by atoms with E-state index in [-0.39, 0.29) is 64.6 Å². The van der Waals surface area contributed by atoms with Crippen molar-refractivity contribution in [3.63, 3.8) is 0 Å². The molecule has 0 aromatic rings. The van der Waals surface area contributed by atoms with Gasteiger partial charge in [0.05, 0.1) is 26.4 Å². The fourth-order valence-corrected chi connectivity index (χ4v) is 3.52. The summed E-state index contributed by atoms with van der Waals surface area (Å²) in [6, 6.07) is 0. The summed E-state index contributed by atoms with van der Waals surface area (Å²) in [5.41, 5.74) is 0. The Kier molecular flexibility index (Phi) is 34.8. The first kappa shape index (κ1) is 44.9. The fourth-order valence-electron chi connectivity index (χ4n) is 1.17.